The molecule has 0 amide bonds. The Labute approximate surface area is 115 Å². The Morgan fingerprint density at radius 2 is 2.00 bits per heavy atom. The number of hydrogen-bond acceptors (Lipinski definition) is 3. The van der Waals surface area contributed by atoms with Gasteiger partial charge in [-0.05, 0) is 23.0 Å². The van der Waals surface area contributed by atoms with E-state index in [0.29, 0.717) is 18.0 Å². The van der Waals surface area contributed by atoms with Gasteiger partial charge in [-0.2, -0.15) is 0 Å². The van der Waals surface area contributed by atoms with Crippen LogP contribution in [0, 0.1) is 5.41 Å². The highest BCUT2D eigenvalue weighted by atomic mass is 16.3. The second-order valence-corrected chi connectivity index (χ2v) is 6.37. The van der Waals surface area contributed by atoms with E-state index in [4.69, 9.17) is 0 Å². The molecule has 104 valence electrons. The van der Waals surface area contributed by atoms with Gasteiger partial charge in [0.05, 0.1) is 5.76 Å². The number of allylic oxidation sites excluding steroid dienone is 2. The fraction of sp³-hybridized carbons (Fsp3) is 0.500. The summed E-state index contributed by atoms with van der Waals surface area (Å²) >= 11 is 0. The van der Waals surface area contributed by atoms with E-state index in [1.165, 1.54) is 6.08 Å². The molecule has 0 aliphatic rings. The zero-order valence-electron chi connectivity index (χ0n) is 12.4. The Balaban J connectivity index is 2.81. The van der Waals surface area contributed by atoms with Crippen LogP contribution in [0.2, 0.25) is 0 Å². The molecule has 0 bridgehead atoms. The van der Waals surface area contributed by atoms with Gasteiger partial charge in [-0.15, -0.1) is 0 Å². The van der Waals surface area contributed by atoms with Crippen LogP contribution in [0.25, 0.3) is 0 Å². The molecule has 3 nitrogen and oxygen atoms in total. The first-order chi connectivity index (χ1) is 8.69. The van der Waals surface area contributed by atoms with Gasteiger partial charge in [-0.25, -0.2) is 0 Å². The van der Waals surface area contributed by atoms with Crippen LogP contribution in [-0.2, 0) is 0 Å². The number of carbonyl (C=O) groups is 1. The first-order valence-corrected chi connectivity index (χ1v) is 6.59. The minimum absolute atomic E-state index is 0.0458. The molecular weight excluding hydrogens is 238 g/mol. The molecule has 0 saturated carbocycles. The number of aliphatic hydroxyl groups is 1. The fourth-order valence-electron chi connectivity index (χ4n) is 1.71. The smallest absolute Gasteiger partial charge is 0.207 e. The molecule has 0 aromatic carbocycles. The number of aliphatic hydroxyl groups excluding tert-OH is 1. The molecule has 3 heteroatoms. The van der Waals surface area contributed by atoms with Gasteiger partial charge in [0.25, 0.3) is 0 Å². The van der Waals surface area contributed by atoms with E-state index in [-0.39, 0.29) is 17.0 Å². The van der Waals surface area contributed by atoms with Gasteiger partial charge >= 0.3 is 0 Å². The molecule has 0 radical (unpaired) electrons. The SMILES string of the molecule is CC(C)c1ccc(C(=O)/C=C(\O)CC(C)(C)C)nc1. The Hall–Kier alpha value is -1.64. The Bertz CT molecular complexity index is 465. The van der Waals surface area contributed by atoms with E-state index in [2.05, 4.69) is 18.8 Å². The zero-order chi connectivity index (χ0) is 14.6. The van der Waals surface area contributed by atoms with Crippen LogP contribution in [0.4, 0.5) is 0 Å². The Morgan fingerprint density at radius 1 is 1.37 bits per heavy atom. The summed E-state index contributed by atoms with van der Waals surface area (Å²) in [7, 11) is 0. The highest BCUT2D eigenvalue weighted by Crippen LogP contribution is 2.22. The number of ketones is 1. The second-order valence-electron chi connectivity index (χ2n) is 6.37. The minimum atomic E-state index is -0.253. The summed E-state index contributed by atoms with van der Waals surface area (Å²) < 4.78 is 0. The molecule has 1 rings (SSSR count). The van der Waals surface area contributed by atoms with Crippen LogP contribution in [0.1, 0.15) is 63.0 Å². The summed E-state index contributed by atoms with van der Waals surface area (Å²) in [4.78, 5) is 16.1. The monoisotopic (exact) mass is 261 g/mol. The van der Waals surface area contributed by atoms with Gasteiger partial charge in [-0.1, -0.05) is 40.7 Å². The highest BCUT2D eigenvalue weighted by Gasteiger charge is 2.14. The number of nitrogens with zero attached hydrogens (tertiary/aromatic N) is 1. The average molecular weight is 261 g/mol. The van der Waals surface area contributed by atoms with Crippen molar-refractivity contribution in [3.8, 4) is 0 Å². The third-order valence-electron chi connectivity index (χ3n) is 2.71. The first-order valence-electron chi connectivity index (χ1n) is 6.59. The number of carbonyl (C=O) groups excluding carboxylic acids is 1. The molecule has 0 fully saturated rings. The van der Waals surface area contributed by atoms with Gasteiger partial charge < -0.3 is 5.11 Å². The molecule has 1 aromatic heterocycles. The predicted molar refractivity (Wildman–Crippen MR) is 77.4 cm³/mol. The van der Waals surface area contributed by atoms with Crippen molar-refractivity contribution in [2.75, 3.05) is 0 Å². The lowest BCUT2D eigenvalue weighted by Crippen LogP contribution is -2.08. The lowest BCUT2D eigenvalue weighted by molar-refractivity contribution is 0.103. The second kappa shape index (κ2) is 6.00. The highest BCUT2D eigenvalue weighted by molar-refractivity contribution is 6.03. The van der Waals surface area contributed by atoms with Crippen LogP contribution >= 0.6 is 0 Å². The van der Waals surface area contributed by atoms with Crippen molar-refractivity contribution in [3.63, 3.8) is 0 Å². The third-order valence-corrected chi connectivity index (χ3v) is 2.71. The van der Waals surface area contributed by atoms with E-state index in [1.54, 1.807) is 12.3 Å². The molecule has 0 aliphatic carbocycles. The maximum Gasteiger partial charge on any atom is 0.207 e. The third kappa shape index (κ3) is 5.25. The van der Waals surface area contributed by atoms with Crippen molar-refractivity contribution in [3.05, 3.63) is 41.4 Å². The lowest BCUT2D eigenvalue weighted by Gasteiger charge is -2.16. The molecule has 0 saturated heterocycles. The Morgan fingerprint density at radius 3 is 2.42 bits per heavy atom. The van der Waals surface area contributed by atoms with E-state index < -0.39 is 0 Å². The number of rotatable bonds is 4. The van der Waals surface area contributed by atoms with E-state index >= 15 is 0 Å². The van der Waals surface area contributed by atoms with Crippen molar-refractivity contribution >= 4 is 5.78 Å². The molecular formula is C16H23NO2. The largest absolute Gasteiger partial charge is 0.512 e. The van der Waals surface area contributed by atoms with Crippen LogP contribution < -0.4 is 0 Å². The number of aromatic nitrogens is 1. The van der Waals surface area contributed by atoms with Gasteiger partial charge in [0.15, 0.2) is 0 Å². The molecule has 0 unspecified atom stereocenters. The summed E-state index contributed by atoms with van der Waals surface area (Å²) in [5.74, 6) is 0.241. The van der Waals surface area contributed by atoms with E-state index in [0.717, 1.165) is 5.56 Å². The minimum Gasteiger partial charge on any atom is -0.512 e. The predicted octanol–water partition coefficient (Wildman–Crippen LogP) is 4.27. The topological polar surface area (TPSA) is 50.2 Å². The van der Waals surface area contributed by atoms with Crippen LogP contribution in [0.5, 0.6) is 0 Å². The molecule has 1 heterocycles. The molecule has 1 aromatic rings. The lowest BCUT2D eigenvalue weighted by atomic mass is 9.91. The number of hydrogen-bond donors (Lipinski definition) is 1. The van der Waals surface area contributed by atoms with Gasteiger partial charge in [0, 0.05) is 18.7 Å². The van der Waals surface area contributed by atoms with Crippen molar-refractivity contribution in [2.45, 2.75) is 47.0 Å². The van der Waals surface area contributed by atoms with Crippen molar-refractivity contribution < 1.29 is 9.90 Å². The zero-order valence-corrected chi connectivity index (χ0v) is 12.4. The van der Waals surface area contributed by atoms with Crippen molar-refractivity contribution in [1.82, 2.24) is 4.98 Å². The summed E-state index contributed by atoms with van der Waals surface area (Å²) in [6.45, 7) is 10.2. The summed E-state index contributed by atoms with van der Waals surface area (Å²) in [6.07, 6.45) is 3.46. The first kappa shape index (κ1) is 15.4. The maximum atomic E-state index is 11.9. The molecule has 0 atom stereocenters. The fourth-order valence-corrected chi connectivity index (χ4v) is 1.71. The summed E-state index contributed by atoms with van der Waals surface area (Å²) in [5, 5.41) is 9.77. The Kier molecular flexibility index (Phi) is 4.87. The number of pyridine rings is 1. The van der Waals surface area contributed by atoms with Crippen LogP contribution in [0.3, 0.4) is 0 Å². The van der Waals surface area contributed by atoms with Gasteiger partial charge in [0.1, 0.15) is 5.69 Å². The summed E-state index contributed by atoms with van der Waals surface area (Å²) in [6, 6.07) is 3.61. The molecule has 1 N–H and O–H groups in total. The average Bonchev–Trinajstić information content (AvgIpc) is 2.26. The molecule has 0 aliphatic heterocycles. The van der Waals surface area contributed by atoms with Gasteiger partial charge in [-0.3, -0.25) is 9.78 Å². The van der Waals surface area contributed by atoms with E-state index in [1.807, 2.05) is 26.8 Å². The van der Waals surface area contributed by atoms with Crippen molar-refractivity contribution in [1.29, 1.82) is 0 Å². The standard InChI is InChI=1S/C16H23NO2/c1-11(2)12-6-7-14(17-10-12)15(19)8-13(18)9-16(3,4)5/h6-8,10-11,18H,9H2,1-5H3/b13-8-. The quantitative estimate of drug-likeness (QED) is 0.500. The molecule has 19 heavy (non-hydrogen) atoms. The van der Waals surface area contributed by atoms with E-state index in [9.17, 15) is 9.90 Å². The normalized spacial score (nSPS) is 12.8. The van der Waals surface area contributed by atoms with Crippen LogP contribution in [-0.4, -0.2) is 15.9 Å². The summed E-state index contributed by atoms with van der Waals surface area (Å²) in [5.41, 5.74) is 1.42. The maximum absolute atomic E-state index is 11.9. The van der Waals surface area contributed by atoms with Gasteiger partial charge in [0.2, 0.25) is 5.78 Å². The van der Waals surface area contributed by atoms with Crippen LogP contribution in [0.15, 0.2) is 30.2 Å². The molecule has 0 spiro atoms. The van der Waals surface area contributed by atoms with Crippen molar-refractivity contribution in [2.24, 2.45) is 5.41 Å².